The number of amides is 1. The molecule has 0 aliphatic heterocycles. The zero-order chi connectivity index (χ0) is 27.6. The third-order valence-electron chi connectivity index (χ3n) is 4.60. The summed E-state index contributed by atoms with van der Waals surface area (Å²) in [5, 5.41) is 0.759. The van der Waals surface area contributed by atoms with Gasteiger partial charge in [-0.2, -0.15) is 4.99 Å². The Hall–Kier alpha value is -3.25. The molecule has 0 saturated heterocycles. The molecule has 0 aromatic heterocycles. The van der Waals surface area contributed by atoms with Gasteiger partial charge in [0.1, 0.15) is 24.4 Å². The summed E-state index contributed by atoms with van der Waals surface area (Å²) >= 11 is 1.49. The number of carbonyl (C=O) groups excluding carboxylic acids is 1. The van der Waals surface area contributed by atoms with Crippen molar-refractivity contribution in [1.29, 1.82) is 0 Å². The Labute approximate surface area is 222 Å². The maximum absolute atomic E-state index is 10.6. The molecular formula is C26H36N4O6S. The number of benzene rings is 2. The number of ether oxygens (including phenoxy) is 5. The molecule has 0 fully saturated rings. The molecule has 0 saturated carbocycles. The molecule has 11 heteroatoms. The summed E-state index contributed by atoms with van der Waals surface area (Å²) in [5.41, 5.74) is 8.78. The van der Waals surface area contributed by atoms with Gasteiger partial charge < -0.3 is 29.4 Å². The highest BCUT2D eigenvalue weighted by molar-refractivity contribution is 8.15. The highest BCUT2D eigenvalue weighted by Crippen LogP contribution is 2.33. The van der Waals surface area contributed by atoms with E-state index in [0.717, 1.165) is 27.4 Å². The minimum Gasteiger partial charge on any atom is -0.493 e. The third-order valence-corrected chi connectivity index (χ3v) is 5.31. The molecule has 0 spiro atoms. The minimum absolute atomic E-state index is 0.193. The predicted octanol–water partition coefficient (Wildman–Crippen LogP) is 3.55. The highest BCUT2D eigenvalue weighted by Gasteiger charge is 2.18. The van der Waals surface area contributed by atoms with E-state index in [1.54, 1.807) is 35.5 Å². The molecule has 0 atom stereocenters. The first-order valence-corrected chi connectivity index (χ1v) is 12.4. The molecule has 202 valence electrons. The maximum atomic E-state index is 10.6. The van der Waals surface area contributed by atoms with Gasteiger partial charge in [0, 0.05) is 44.9 Å². The van der Waals surface area contributed by atoms with E-state index in [1.165, 1.54) is 18.7 Å². The zero-order valence-corrected chi connectivity index (χ0v) is 23.3. The molecule has 37 heavy (non-hydrogen) atoms. The molecule has 0 unspecified atom stereocenters. The van der Waals surface area contributed by atoms with Gasteiger partial charge in [0.25, 0.3) is 0 Å². The molecule has 0 radical (unpaired) electrons. The van der Waals surface area contributed by atoms with Gasteiger partial charge in [0.05, 0.1) is 26.5 Å². The monoisotopic (exact) mass is 532 g/mol. The van der Waals surface area contributed by atoms with E-state index in [2.05, 4.69) is 15.0 Å². The van der Waals surface area contributed by atoms with Crippen molar-refractivity contribution >= 4 is 34.3 Å². The van der Waals surface area contributed by atoms with Crippen molar-refractivity contribution in [3.05, 3.63) is 59.2 Å². The van der Waals surface area contributed by atoms with Gasteiger partial charge in [-0.05, 0) is 18.4 Å². The smallest absolute Gasteiger partial charge is 0.244 e. The van der Waals surface area contributed by atoms with Gasteiger partial charge in [-0.25, -0.2) is 4.99 Å². The van der Waals surface area contributed by atoms with E-state index in [9.17, 15) is 4.79 Å². The fourth-order valence-corrected chi connectivity index (χ4v) is 3.68. The average Bonchev–Trinajstić information content (AvgIpc) is 2.90. The second kappa shape index (κ2) is 18.1. The van der Waals surface area contributed by atoms with Gasteiger partial charge >= 0.3 is 0 Å². The Balaban J connectivity index is 0.000000474. The number of hydrogen-bond donors (Lipinski definition) is 1. The SMILES string of the molecule is CC(=O)N=C(N)c1ccccc1.CN=C(/C(=N/COCOC)SC)c1cc(COC)c(OC)c(OC)c1. The number of carbonyl (C=O) groups is 1. The summed E-state index contributed by atoms with van der Waals surface area (Å²) in [6.07, 6.45) is 1.94. The summed E-state index contributed by atoms with van der Waals surface area (Å²) in [4.78, 5) is 23.0. The number of thioether (sulfide) groups is 1. The van der Waals surface area contributed by atoms with Crippen molar-refractivity contribution in [2.45, 2.75) is 13.5 Å². The topological polar surface area (TPSA) is 126 Å². The molecular weight excluding hydrogens is 496 g/mol. The number of methoxy groups -OCH3 is 4. The second-order valence-electron chi connectivity index (χ2n) is 7.17. The van der Waals surface area contributed by atoms with Crippen LogP contribution >= 0.6 is 11.8 Å². The van der Waals surface area contributed by atoms with Crippen molar-refractivity contribution in [1.82, 2.24) is 0 Å². The largest absolute Gasteiger partial charge is 0.493 e. The Morgan fingerprint density at radius 1 is 1.00 bits per heavy atom. The first-order chi connectivity index (χ1) is 17.9. The highest BCUT2D eigenvalue weighted by atomic mass is 32.2. The number of nitrogens with two attached hydrogens (primary N) is 1. The fraction of sp³-hybridized carbons (Fsp3) is 0.385. The molecule has 2 N–H and O–H groups in total. The predicted molar refractivity (Wildman–Crippen MR) is 149 cm³/mol. The number of nitrogens with zero attached hydrogens (tertiary/aromatic N) is 3. The van der Waals surface area contributed by atoms with Crippen molar-refractivity contribution in [2.75, 3.05) is 55.3 Å². The van der Waals surface area contributed by atoms with Crippen molar-refractivity contribution in [2.24, 2.45) is 20.7 Å². The van der Waals surface area contributed by atoms with Gasteiger partial charge in [-0.15, -0.1) is 11.8 Å². The van der Waals surface area contributed by atoms with E-state index in [4.69, 9.17) is 29.4 Å². The zero-order valence-electron chi connectivity index (χ0n) is 22.4. The van der Waals surface area contributed by atoms with Crippen LogP contribution in [0.4, 0.5) is 0 Å². The first-order valence-electron chi connectivity index (χ1n) is 11.1. The van der Waals surface area contributed by atoms with Crippen LogP contribution in [0, 0.1) is 0 Å². The van der Waals surface area contributed by atoms with Crippen LogP contribution in [0.15, 0.2) is 57.4 Å². The maximum Gasteiger partial charge on any atom is 0.244 e. The Bertz CT molecular complexity index is 1070. The number of rotatable bonds is 11. The molecule has 1 amide bonds. The second-order valence-corrected chi connectivity index (χ2v) is 7.96. The molecule has 0 aliphatic rings. The van der Waals surface area contributed by atoms with Gasteiger partial charge in [-0.3, -0.25) is 9.79 Å². The van der Waals surface area contributed by atoms with Crippen LogP contribution in [0.1, 0.15) is 23.6 Å². The van der Waals surface area contributed by atoms with Crippen molar-refractivity contribution in [3.63, 3.8) is 0 Å². The first kappa shape index (κ1) is 31.8. The summed E-state index contributed by atoms with van der Waals surface area (Å²) in [6.45, 7) is 2.15. The fourth-order valence-electron chi connectivity index (χ4n) is 3.09. The third kappa shape index (κ3) is 10.7. The lowest BCUT2D eigenvalue weighted by Crippen LogP contribution is -2.15. The molecule has 10 nitrogen and oxygen atoms in total. The van der Waals surface area contributed by atoms with Crippen LogP contribution in [-0.4, -0.2) is 77.8 Å². The van der Waals surface area contributed by atoms with E-state index in [0.29, 0.717) is 18.1 Å². The van der Waals surface area contributed by atoms with Crippen LogP contribution in [-0.2, 0) is 25.6 Å². The van der Waals surface area contributed by atoms with Crippen LogP contribution < -0.4 is 15.2 Å². The summed E-state index contributed by atoms with van der Waals surface area (Å²) in [7, 11) is 8.13. The lowest BCUT2D eigenvalue weighted by Gasteiger charge is -2.16. The van der Waals surface area contributed by atoms with Crippen molar-refractivity contribution < 1.29 is 28.5 Å². The van der Waals surface area contributed by atoms with E-state index in [1.807, 2.05) is 48.7 Å². The van der Waals surface area contributed by atoms with Crippen LogP contribution in [0.2, 0.25) is 0 Å². The lowest BCUT2D eigenvalue weighted by molar-refractivity contribution is -0.115. The Kier molecular flexibility index (Phi) is 15.5. The van der Waals surface area contributed by atoms with Crippen molar-refractivity contribution in [3.8, 4) is 11.5 Å². The summed E-state index contributed by atoms with van der Waals surface area (Å²) in [6, 6.07) is 13.0. The van der Waals surface area contributed by atoms with E-state index < -0.39 is 0 Å². The average molecular weight is 533 g/mol. The van der Waals surface area contributed by atoms with E-state index >= 15 is 0 Å². The normalized spacial score (nSPS) is 12.0. The Morgan fingerprint density at radius 3 is 2.22 bits per heavy atom. The lowest BCUT2D eigenvalue weighted by atomic mass is 10.0. The number of aliphatic imine (C=N–C) groups is 3. The van der Waals surface area contributed by atoms with Crippen LogP contribution in [0.5, 0.6) is 11.5 Å². The number of hydrogen-bond acceptors (Lipinski definition) is 9. The van der Waals surface area contributed by atoms with Gasteiger partial charge in [-0.1, -0.05) is 30.3 Å². The molecule has 2 aromatic rings. The standard InChI is InChI=1S/C17H26N2O5S.C9H10N2O/c1-18-15(17(25-6)19-10-24-11-21-3)12-7-13(9-20-2)16(23-5)14(8-12)22-4;1-7(12)11-9(10)8-5-3-2-4-6-8/h7-8H,9-11H2,1-6H3;2-6H,1H3,(H2,10,11,12)/b18-15?,19-17-;. The number of amidine groups is 1. The quantitative estimate of drug-likeness (QED) is 0.202. The molecule has 0 heterocycles. The summed E-state index contributed by atoms with van der Waals surface area (Å²) < 4.78 is 26.3. The summed E-state index contributed by atoms with van der Waals surface area (Å²) in [5.74, 6) is 1.25. The molecule has 2 rings (SSSR count). The van der Waals surface area contributed by atoms with Gasteiger partial charge in [0.15, 0.2) is 11.5 Å². The molecule has 0 aliphatic carbocycles. The minimum atomic E-state index is -0.281. The van der Waals surface area contributed by atoms with Crippen LogP contribution in [0.25, 0.3) is 0 Å². The molecule has 0 bridgehead atoms. The van der Waals surface area contributed by atoms with Gasteiger partial charge in [0.2, 0.25) is 5.91 Å². The van der Waals surface area contributed by atoms with E-state index in [-0.39, 0.29) is 25.3 Å². The van der Waals surface area contributed by atoms with Crippen LogP contribution in [0.3, 0.4) is 0 Å². The Morgan fingerprint density at radius 2 is 1.70 bits per heavy atom. The molecule has 2 aromatic carbocycles.